The van der Waals surface area contributed by atoms with Crippen LogP contribution in [0.2, 0.25) is 10.0 Å². The van der Waals surface area contributed by atoms with Gasteiger partial charge in [-0.15, -0.1) is 0 Å². The third-order valence-electron chi connectivity index (χ3n) is 1.98. The molecule has 0 aromatic heterocycles. The van der Waals surface area contributed by atoms with Gasteiger partial charge in [0.2, 0.25) is 0 Å². The molecule has 0 aliphatic rings. The fourth-order valence-corrected chi connectivity index (χ4v) is 1.36. The van der Waals surface area contributed by atoms with Crippen LogP contribution in [0.3, 0.4) is 0 Å². The van der Waals surface area contributed by atoms with Crippen molar-refractivity contribution in [3.8, 4) is 6.07 Å². The summed E-state index contributed by atoms with van der Waals surface area (Å²) >= 11 is 11.3. The molecule has 1 atom stereocenters. The molecule has 0 heterocycles. The number of benzene rings is 1. The van der Waals surface area contributed by atoms with Crippen LogP contribution in [-0.2, 0) is 0 Å². The summed E-state index contributed by atoms with van der Waals surface area (Å²) < 4.78 is 36.8. The van der Waals surface area contributed by atoms with Crippen LogP contribution in [0.5, 0.6) is 0 Å². The van der Waals surface area contributed by atoms with Crippen LogP contribution in [0.25, 0.3) is 0 Å². The zero-order chi connectivity index (χ0) is 13.1. The van der Waals surface area contributed by atoms with Gasteiger partial charge in [-0.1, -0.05) is 23.2 Å². The second kappa shape index (κ2) is 5.48. The van der Waals surface area contributed by atoms with Gasteiger partial charge in [-0.2, -0.15) is 18.4 Å². The van der Waals surface area contributed by atoms with Crippen LogP contribution in [0.1, 0.15) is 0 Å². The molecule has 0 aliphatic carbocycles. The molecule has 0 amide bonds. The molecular weight excluding hydrogens is 276 g/mol. The molecule has 0 fully saturated rings. The third-order valence-corrected chi connectivity index (χ3v) is 2.72. The summed E-state index contributed by atoms with van der Waals surface area (Å²) in [7, 11) is 0. The quantitative estimate of drug-likeness (QED) is 0.906. The minimum absolute atomic E-state index is 0.234. The Kier molecular flexibility index (Phi) is 4.49. The maximum Gasteiger partial charge on any atom is 0.406 e. The zero-order valence-electron chi connectivity index (χ0n) is 8.35. The fraction of sp³-hybridized carbons (Fsp3) is 0.300. The Hall–Kier alpha value is -1.12. The van der Waals surface area contributed by atoms with Gasteiger partial charge in [0.25, 0.3) is 0 Å². The van der Waals surface area contributed by atoms with Gasteiger partial charge in [0.05, 0.1) is 16.1 Å². The number of anilines is 1. The van der Waals surface area contributed by atoms with Crippen molar-refractivity contribution >= 4 is 28.9 Å². The van der Waals surface area contributed by atoms with Crippen molar-refractivity contribution in [2.75, 3.05) is 11.9 Å². The van der Waals surface area contributed by atoms with Crippen molar-refractivity contribution in [2.24, 2.45) is 5.92 Å². The molecule has 2 nitrogen and oxygen atoms in total. The molecule has 1 aromatic rings. The summed E-state index contributed by atoms with van der Waals surface area (Å²) in [6, 6.07) is 5.53. The Bertz CT molecular complexity index is 440. The first kappa shape index (κ1) is 13.9. The van der Waals surface area contributed by atoms with E-state index < -0.39 is 18.6 Å². The molecule has 1 unspecified atom stereocenters. The highest BCUT2D eigenvalue weighted by atomic mass is 35.5. The first-order chi connectivity index (χ1) is 7.84. The molecule has 0 spiro atoms. The maximum atomic E-state index is 12.3. The van der Waals surface area contributed by atoms with Crippen LogP contribution >= 0.6 is 23.2 Å². The Morgan fingerprint density at radius 3 is 2.41 bits per heavy atom. The summed E-state index contributed by atoms with van der Waals surface area (Å²) in [4.78, 5) is 0. The molecule has 0 saturated heterocycles. The van der Waals surface area contributed by atoms with Gasteiger partial charge in [-0.05, 0) is 18.2 Å². The van der Waals surface area contributed by atoms with E-state index in [0.29, 0.717) is 10.7 Å². The van der Waals surface area contributed by atoms with Crippen molar-refractivity contribution in [3.63, 3.8) is 0 Å². The second-order valence-corrected chi connectivity index (χ2v) is 4.05. The van der Waals surface area contributed by atoms with Gasteiger partial charge in [0, 0.05) is 12.2 Å². The number of halogens is 5. The molecule has 92 valence electrons. The number of nitriles is 1. The van der Waals surface area contributed by atoms with Gasteiger partial charge in [-0.3, -0.25) is 0 Å². The topological polar surface area (TPSA) is 35.8 Å². The Labute approximate surface area is 106 Å². The highest BCUT2D eigenvalue weighted by Gasteiger charge is 2.39. The summed E-state index contributed by atoms with van der Waals surface area (Å²) in [6.07, 6.45) is -4.54. The molecule has 0 saturated carbocycles. The number of hydrogen-bond acceptors (Lipinski definition) is 2. The van der Waals surface area contributed by atoms with Crippen molar-refractivity contribution < 1.29 is 13.2 Å². The lowest BCUT2D eigenvalue weighted by Gasteiger charge is -2.14. The van der Waals surface area contributed by atoms with Gasteiger partial charge in [0.1, 0.15) is 0 Å². The van der Waals surface area contributed by atoms with E-state index in [-0.39, 0.29) is 5.02 Å². The molecule has 7 heteroatoms. The molecule has 1 aromatic carbocycles. The summed E-state index contributed by atoms with van der Waals surface area (Å²) in [5.74, 6) is -2.06. The standard InChI is InChI=1S/C10H7Cl2F3N2/c11-8-2-1-7(3-9(8)12)17-5-6(4-16)10(13,14)15/h1-3,6,17H,5H2. The van der Waals surface area contributed by atoms with Crippen LogP contribution in [0.15, 0.2) is 18.2 Å². The van der Waals surface area contributed by atoms with E-state index in [1.165, 1.54) is 24.3 Å². The molecule has 0 bridgehead atoms. The van der Waals surface area contributed by atoms with Gasteiger partial charge >= 0.3 is 6.18 Å². The van der Waals surface area contributed by atoms with Gasteiger partial charge < -0.3 is 5.32 Å². The largest absolute Gasteiger partial charge is 0.406 e. The molecular formula is C10H7Cl2F3N2. The first-order valence-electron chi connectivity index (χ1n) is 4.50. The minimum Gasteiger partial charge on any atom is -0.383 e. The molecule has 1 rings (SSSR count). The van der Waals surface area contributed by atoms with Crippen LogP contribution in [-0.4, -0.2) is 12.7 Å². The number of alkyl halides is 3. The predicted octanol–water partition coefficient (Wildman–Crippen LogP) is 4.11. The van der Waals surface area contributed by atoms with E-state index in [1.54, 1.807) is 0 Å². The Balaban J connectivity index is 2.67. The van der Waals surface area contributed by atoms with Crippen molar-refractivity contribution in [3.05, 3.63) is 28.2 Å². The zero-order valence-corrected chi connectivity index (χ0v) is 9.87. The number of nitrogens with one attached hydrogen (secondary N) is 1. The number of rotatable bonds is 3. The second-order valence-electron chi connectivity index (χ2n) is 3.23. The average Bonchev–Trinajstić information content (AvgIpc) is 2.22. The van der Waals surface area contributed by atoms with Crippen molar-refractivity contribution in [1.82, 2.24) is 0 Å². The van der Waals surface area contributed by atoms with E-state index in [2.05, 4.69) is 5.32 Å². The predicted molar refractivity (Wildman–Crippen MR) is 60.1 cm³/mol. The smallest absolute Gasteiger partial charge is 0.383 e. The summed E-state index contributed by atoms with van der Waals surface area (Å²) in [5.41, 5.74) is 0.379. The third kappa shape index (κ3) is 3.99. The lowest BCUT2D eigenvalue weighted by Crippen LogP contribution is -2.28. The highest BCUT2D eigenvalue weighted by molar-refractivity contribution is 6.42. The normalized spacial score (nSPS) is 12.9. The van der Waals surface area contributed by atoms with Crippen molar-refractivity contribution in [2.45, 2.75) is 6.18 Å². The van der Waals surface area contributed by atoms with Gasteiger partial charge in [0.15, 0.2) is 5.92 Å². The minimum atomic E-state index is -4.54. The molecule has 0 aliphatic heterocycles. The Morgan fingerprint density at radius 1 is 1.29 bits per heavy atom. The van der Waals surface area contributed by atoms with Crippen LogP contribution < -0.4 is 5.32 Å². The molecule has 1 N–H and O–H groups in total. The van der Waals surface area contributed by atoms with E-state index in [0.717, 1.165) is 0 Å². The summed E-state index contributed by atoms with van der Waals surface area (Å²) in [5, 5.41) is 11.4. The number of nitrogens with zero attached hydrogens (tertiary/aromatic N) is 1. The SMILES string of the molecule is N#CC(CNc1ccc(Cl)c(Cl)c1)C(F)(F)F. The monoisotopic (exact) mass is 282 g/mol. The lowest BCUT2D eigenvalue weighted by atomic mass is 10.1. The maximum absolute atomic E-state index is 12.3. The van der Waals surface area contributed by atoms with Gasteiger partial charge in [-0.25, -0.2) is 0 Å². The molecule has 0 radical (unpaired) electrons. The van der Waals surface area contributed by atoms with E-state index in [4.69, 9.17) is 28.5 Å². The first-order valence-corrected chi connectivity index (χ1v) is 5.25. The highest BCUT2D eigenvalue weighted by Crippen LogP contribution is 2.28. The lowest BCUT2D eigenvalue weighted by molar-refractivity contribution is -0.155. The van der Waals surface area contributed by atoms with Crippen LogP contribution in [0, 0.1) is 17.2 Å². The fourth-order valence-electron chi connectivity index (χ4n) is 1.06. The van der Waals surface area contributed by atoms with Crippen molar-refractivity contribution in [1.29, 1.82) is 5.26 Å². The van der Waals surface area contributed by atoms with E-state index in [9.17, 15) is 13.2 Å². The molecule has 17 heavy (non-hydrogen) atoms. The van der Waals surface area contributed by atoms with Crippen LogP contribution in [0.4, 0.5) is 18.9 Å². The van der Waals surface area contributed by atoms with E-state index in [1.807, 2.05) is 0 Å². The average molecular weight is 283 g/mol. The number of hydrogen-bond donors (Lipinski definition) is 1. The Morgan fingerprint density at radius 2 is 1.94 bits per heavy atom. The summed E-state index contributed by atoms with van der Waals surface area (Å²) in [6.45, 7) is -0.530. The van der Waals surface area contributed by atoms with E-state index >= 15 is 0 Å².